The molecule has 0 aromatic heterocycles. The Morgan fingerprint density at radius 1 is 1.10 bits per heavy atom. The molecule has 0 bridgehead atoms. The smallest absolute Gasteiger partial charge is 0.351 e. The summed E-state index contributed by atoms with van der Waals surface area (Å²) in [7, 11) is 0. The molecule has 4 rings (SSSR count). The molecule has 1 aromatic carbocycles. The van der Waals surface area contributed by atoms with Crippen LogP contribution in [0.2, 0.25) is 0 Å². The van der Waals surface area contributed by atoms with Crippen LogP contribution in [0.1, 0.15) is 11.1 Å². The van der Waals surface area contributed by atoms with E-state index < -0.39 is 11.9 Å². The Bertz CT molecular complexity index is 955. The standard InChI is InChI=1S/C22H24N4O3/c1-15-7-8-16(2)19(13-15)24-9-11-25(12-10-24)20(27)14-26-21(28)17-5-3-4-6-18(17)23-22(26)29/h3-8,13,17H,9-12,14H2,1-2H3. The van der Waals surface area contributed by atoms with Gasteiger partial charge in [-0.25, -0.2) is 4.79 Å². The van der Waals surface area contributed by atoms with E-state index in [0.29, 0.717) is 18.8 Å². The molecule has 2 heterocycles. The fourth-order valence-electron chi connectivity index (χ4n) is 3.92. The molecule has 0 spiro atoms. The van der Waals surface area contributed by atoms with Crippen molar-refractivity contribution in [3.63, 3.8) is 0 Å². The SMILES string of the molecule is Cc1ccc(C)c(N2CCN(C(=O)CN3C(=O)N=C4C=CC=CC4C3=O)CC2)c1. The van der Waals surface area contributed by atoms with Gasteiger partial charge >= 0.3 is 6.03 Å². The van der Waals surface area contributed by atoms with Gasteiger partial charge in [-0.1, -0.05) is 30.4 Å². The van der Waals surface area contributed by atoms with Crippen LogP contribution in [0.5, 0.6) is 0 Å². The van der Waals surface area contributed by atoms with Gasteiger partial charge in [-0.05, 0) is 37.1 Å². The number of hydrogen-bond acceptors (Lipinski definition) is 4. The van der Waals surface area contributed by atoms with Crippen LogP contribution in [0.4, 0.5) is 10.5 Å². The molecule has 4 amide bonds. The Balaban J connectivity index is 1.39. The van der Waals surface area contributed by atoms with Crippen molar-refractivity contribution in [3.8, 4) is 0 Å². The number of allylic oxidation sites excluding steroid dienone is 3. The minimum Gasteiger partial charge on any atom is -0.368 e. The van der Waals surface area contributed by atoms with E-state index >= 15 is 0 Å². The number of amides is 4. The molecular weight excluding hydrogens is 368 g/mol. The monoisotopic (exact) mass is 392 g/mol. The zero-order valence-corrected chi connectivity index (χ0v) is 16.7. The van der Waals surface area contributed by atoms with E-state index in [9.17, 15) is 14.4 Å². The van der Waals surface area contributed by atoms with E-state index in [1.165, 1.54) is 16.8 Å². The summed E-state index contributed by atoms with van der Waals surface area (Å²) in [5.74, 6) is -1.18. The normalized spacial score (nSPS) is 21.4. The average molecular weight is 392 g/mol. The van der Waals surface area contributed by atoms with Crippen molar-refractivity contribution in [1.29, 1.82) is 0 Å². The van der Waals surface area contributed by atoms with Crippen molar-refractivity contribution in [1.82, 2.24) is 9.80 Å². The number of carbonyl (C=O) groups excluding carboxylic acids is 3. The van der Waals surface area contributed by atoms with Gasteiger partial charge in [0.1, 0.15) is 6.54 Å². The van der Waals surface area contributed by atoms with Gasteiger partial charge in [0.05, 0.1) is 11.6 Å². The van der Waals surface area contributed by atoms with E-state index in [0.717, 1.165) is 18.0 Å². The van der Waals surface area contributed by atoms with Crippen molar-refractivity contribution in [2.24, 2.45) is 10.9 Å². The first-order chi connectivity index (χ1) is 13.9. The number of fused-ring (bicyclic) bond motifs is 1. The second kappa shape index (κ2) is 7.66. The Morgan fingerprint density at radius 2 is 1.86 bits per heavy atom. The quantitative estimate of drug-likeness (QED) is 0.790. The Kier molecular flexibility index (Phi) is 5.05. The average Bonchev–Trinajstić information content (AvgIpc) is 2.73. The Labute approximate surface area is 170 Å². The highest BCUT2D eigenvalue weighted by Gasteiger charge is 2.37. The van der Waals surface area contributed by atoms with Crippen LogP contribution in [0.3, 0.4) is 0 Å². The van der Waals surface area contributed by atoms with Gasteiger partial charge < -0.3 is 9.80 Å². The third-order valence-electron chi connectivity index (χ3n) is 5.62. The van der Waals surface area contributed by atoms with Crippen molar-refractivity contribution in [2.75, 3.05) is 37.6 Å². The van der Waals surface area contributed by atoms with Crippen LogP contribution in [-0.4, -0.2) is 66.1 Å². The molecule has 2 aliphatic heterocycles. The second-order valence-electron chi connectivity index (χ2n) is 7.62. The minimum absolute atomic E-state index is 0.221. The summed E-state index contributed by atoms with van der Waals surface area (Å²) in [6.07, 6.45) is 6.86. The van der Waals surface area contributed by atoms with Crippen LogP contribution in [0.25, 0.3) is 0 Å². The lowest BCUT2D eigenvalue weighted by atomic mass is 9.95. The molecule has 1 saturated heterocycles. The molecule has 0 saturated carbocycles. The maximum absolute atomic E-state index is 12.8. The number of aryl methyl sites for hydroxylation is 2. The number of nitrogens with zero attached hydrogens (tertiary/aromatic N) is 4. The van der Waals surface area contributed by atoms with Crippen molar-refractivity contribution in [2.45, 2.75) is 13.8 Å². The number of benzene rings is 1. The zero-order chi connectivity index (χ0) is 20.5. The number of anilines is 1. The Hall–Kier alpha value is -3.22. The van der Waals surface area contributed by atoms with Gasteiger partial charge in [-0.2, -0.15) is 4.99 Å². The van der Waals surface area contributed by atoms with Crippen LogP contribution in [0.15, 0.2) is 47.5 Å². The number of urea groups is 1. The molecule has 29 heavy (non-hydrogen) atoms. The summed E-state index contributed by atoms with van der Waals surface area (Å²) < 4.78 is 0. The third-order valence-corrected chi connectivity index (χ3v) is 5.62. The molecule has 1 atom stereocenters. The van der Waals surface area contributed by atoms with Gasteiger partial charge in [0, 0.05) is 31.9 Å². The highest BCUT2D eigenvalue weighted by atomic mass is 16.2. The van der Waals surface area contributed by atoms with Gasteiger partial charge in [0.15, 0.2) is 0 Å². The molecule has 1 unspecified atom stereocenters. The molecule has 7 heteroatoms. The molecule has 1 fully saturated rings. The van der Waals surface area contributed by atoms with Crippen molar-refractivity contribution < 1.29 is 14.4 Å². The lowest BCUT2D eigenvalue weighted by molar-refractivity contribution is -0.138. The molecule has 3 aliphatic rings. The zero-order valence-electron chi connectivity index (χ0n) is 16.7. The summed E-state index contributed by atoms with van der Waals surface area (Å²) in [6.45, 7) is 6.45. The van der Waals surface area contributed by atoms with E-state index in [2.05, 4.69) is 41.9 Å². The van der Waals surface area contributed by atoms with Crippen LogP contribution in [0, 0.1) is 19.8 Å². The fraction of sp³-hybridized carbons (Fsp3) is 0.364. The van der Waals surface area contributed by atoms with Gasteiger partial charge in [0.25, 0.3) is 0 Å². The van der Waals surface area contributed by atoms with E-state index in [4.69, 9.17) is 0 Å². The summed E-state index contributed by atoms with van der Waals surface area (Å²) in [5, 5.41) is 0. The van der Waals surface area contributed by atoms with Gasteiger partial charge in [-0.3, -0.25) is 14.5 Å². The van der Waals surface area contributed by atoms with E-state index in [1.807, 2.05) is 0 Å². The topological polar surface area (TPSA) is 73.3 Å². The van der Waals surface area contributed by atoms with Crippen molar-refractivity contribution in [3.05, 3.63) is 53.6 Å². The second-order valence-corrected chi connectivity index (χ2v) is 7.62. The Morgan fingerprint density at radius 3 is 2.62 bits per heavy atom. The highest BCUT2D eigenvalue weighted by Crippen LogP contribution is 2.23. The lowest BCUT2D eigenvalue weighted by Gasteiger charge is -2.38. The van der Waals surface area contributed by atoms with Gasteiger partial charge in [-0.15, -0.1) is 0 Å². The van der Waals surface area contributed by atoms with Crippen molar-refractivity contribution >= 4 is 29.2 Å². The van der Waals surface area contributed by atoms with E-state index in [-0.39, 0.29) is 18.4 Å². The number of rotatable bonds is 3. The summed E-state index contributed by atoms with van der Waals surface area (Å²) in [6, 6.07) is 5.71. The van der Waals surface area contributed by atoms with Crippen LogP contribution in [-0.2, 0) is 9.59 Å². The highest BCUT2D eigenvalue weighted by molar-refractivity contribution is 6.22. The first kappa shape index (κ1) is 19.1. The van der Waals surface area contributed by atoms with E-state index in [1.54, 1.807) is 29.2 Å². The first-order valence-electron chi connectivity index (χ1n) is 9.83. The molecule has 7 nitrogen and oxygen atoms in total. The minimum atomic E-state index is -0.663. The first-order valence-corrected chi connectivity index (χ1v) is 9.83. The number of hydrogen-bond donors (Lipinski definition) is 0. The number of piperazine rings is 1. The predicted octanol–water partition coefficient (Wildman–Crippen LogP) is 2.10. The molecular formula is C22H24N4O3. The summed E-state index contributed by atoms with van der Waals surface area (Å²) in [5.41, 5.74) is 4.05. The number of carbonyl (C=O) groups is 3. The number of aliphatic imine (C=N–C) groups is 1. The fourth-order valence-corrected chi connectivity index (χ4v) is 3.92. The van der Waals surface area contributed by atoms with Crippen LogP contribution < -0.4 is 4.90 Å². The molecule has 0 N–H and O–H groups in total. The predicted molar refractivity (Wildman–Crippen MR) is 111 cm³/mol. The molecule has 1 aromatic rings. The summed E-state index contributed by atoms with van der Waals surface area (Å²) >= 11 is 0. The van der Waals surface area contributed by atoms with Crippen LogP contribution >= 0.6 is 0 Å². The number of imide groups is 1. The molecule has 0 radical (unpaired) electrons. The lowest BCUT2D eigenvalue weighted by Crippen LogP contribution is -2.54. The maximum atomic E-state index is 12.8. The molecule has 1 aliphatic carbocycles. The maximum Gasteiger partial charge on any atom is 0.351 e. The third kappa shape index (κ3) is 3.72. The molecule has 150 valence electrons. The van der Waals surface area contributed by atoms with Gasteiger partial charge in [0.2, 0.25) is 11.8 Å². The largest absolute Gasteiger partial charge is 0.368 e. The summed E-state index contributed by atoms with van der Waals surface area (Å²) in [4.78, 5) is 46.6.